The third kappa shape index (κ3) is 5.38. The molecule has 1 aromatic carbocycles. The zero-order valence-electron chi connectivity index (χ0n) is 24.9. The van der Waals surface area contributed by atoms with Crippen LogP contribution in [0.4, 0.5) is 13.2 Å². The quantitative estimate of drug-likeness (QED) is 0.249. The molecule has 1 aromatic rings. The number of carbonyl (C=O) groups is 3. The summed E-state index contributed by atoms with van der Waals surface area (Å²) in [6.07, 6.45) is -1.23. The number of benzene rings is 1. The number of esters is 3. The van der Waals surface area contributed by atoms with Gasteiger partial charge in [-0.3, -0.25) is 4.79 Å². The smallest absolute Gasteiger partial charge is 0.432 e. The lowest BCUT2D eigenvalue weighted by atomic mass is 9.46. The highest BCUT2D eigenvalue weighted by Crippen LogP contribution is 2.62. The fourth-order valence-corrected chi connectivity index (χ4v) is 7.38. The van der Waals surface area contributed by atoms with E-state index in [9.17, 15) is 27.6 Å². The average Bonchev–Trinajstić information content (AvgIpc) is 3.27. The van der Waals surface area contributed by atoms with Gasteiger partial charge in [0.25, 0.3) is 11.9 Å². The second-order valence-corrected chi connectivity index (χ2v) is 12.2. The van der Waals surface area contributed by atoms with Crippen LogP contribution in [0.3, 0.4) is 0 Å². The van der Waals surface area contributed by atoms with Gasteiger partial charge in [-0.05, 0) is 61.7 Å². The SMILES string of the molecule is CO[C@@](C(=O)O[C@@H](C[C@@]1(C)[C@H](C)CC[C@@]2(C)C(C)=CCC[C@H]12)C1=CC(=O)OC1OC(C)=O)(c1ccccc1)C(F)(F)F. The second-order valence-electron chi connectivity index (χ2n) is 12.2. The van der Waals surface area contributed by atoms with Crippen molar-refractivity contribution in [3.05, 3.63) is 59.2 Å². The highest BCUT2D eigenvalue weighted by molar-refractivity contribution is 5.87. The number of carbonyl (C=O) groups excluding carboxylic acids is 3. The first-order valence-corrected chi connectivity index (χ1v) is 14.2. The van der Waals surface area contributed by atoms with Crippen molar-refractivity contribution in [1.29, 1.82) is 0 Å². The summed E-state index contributed by atoms with van der Waals surface area (Å²) in [5.74, 6) is -3.08. The molecule has 230 valence electrons. The summed E-state index contributed by atoms with van der Waals surface area (Å²) in [7, 11) is 0.799. The molecular weight excluding hydrogens is 553 g/mol. The maximum atomic E-state index is 14.8. The first-order valence-electron chi connectivity index (χ1n) is 14.2. The molecule has 0 saturated heterocycles. The Labute approximate surface area is 244 Å². The molecular formula is C32H39F3O7. The molecule has 0 amide bonds. The third-order valence-electron chi connectivity index (χ3n) is 10.1. The zero-order chi connectivity index (χ0) is 31.1. The normalized spacial score (nSPS) is 31.5. The van der Waals surface area contributed by atoms with E-state index in [1.807, 2.05) is 0 Å². The first-order chi connectivity index (χ1) is 19.6. The van der Waals surface area contributed by atoms with E-state index in [0.717, 1.165) is 57.9 Å². The lowest BCUT2D eigenvalue weighted by Crippen LogP contribution is -2.54. The predicted octanol–water partition coefficient (Wildman–Crippen LogP) is 6.56. The molecule has 4 rings (SSSR count). The summed E-state index contributed by atoms with van der Waals surface area (Å²) in [5.41, 5.74) is -3.32. The van der Waals surface area contributed by atoms with Gasteiger partial charge in [-0.25, -0.2) is 9.59 Å². The second kappa shape index (κ2) is 11.5. The van der Waals surface area contributed by atoms with Crippen LogP contribution in [0.1, 0.15) is 72.3 Å². The van der Waals surface area contributed by atoms with Gasteiger partial charge in [0, 0.05) is 25.7 Å². The Morgan fingerprint density at radius 2 is 1.81 bits per heavy atom. The first kappa shape index (κ1) is 31.8. The Balaban J connectivity index is 1.81. The van der Waals surface area contributed by atoms with Crippen LogP contribution >= 0.6 is 0 Å². The van der Waals surface area contributed by atoms with E-state index < -0.39 is 53.1 Å². The molecule has 7 atom stereocenters. The molecule has 0 spiro atoms. The topological polar surface area (TPSA) is 88.1 Å². The lowest BCUT2D eigenvalue weighted by Gasteiger charge is -2.58. The van der Waals surface area contributed by atoms with Gasteiger partial charge in [0.1, 0.15) is 6.10 Å². The molecule has 42 heavy (non-hydrogen) atoms. The number of alkyl halides is 3. The standard InChI is InChI=1S/C32H39F3O7/c1-19-11-10-14-25-29(19,4)16-15-20(2)30(25,5)18-24(23-17-26(37)42-27(23)40-21(3)36)41-28(38)31(39-6,32(33,34)35)22-12-8-7-9-13-22/h7-9,11-13,17,20,24-25,27H,10,14-16,18H2,1-6H3/t20-,24+,25+,27?,29+,30+,31-/m1/s1. The van der Waals surface area contributed by atoms with Crippen molar-refractivity contribution in [3.8, 4) is 0 Å². The number of hydrogen-bond donors (Lipinski definition) is 0. The third-order valence-corrected chi connectivity index (χ3v) is 10.1. The van der Waals surface area contributed by atoms with Crippen molar-refractivity contribution in [1.82, 2.24) is 0 Å². The number of halogens is 3. The number of rotatable bonds is 8. The van der Waals surface area contributed by atoms with Crippen molar-refractivity contribution in [2.24, 2.45) is 22.7 Å². The Morgan fingerprint density at radius 3 is 2.40 bits per heavy atom. The summed E-state index contributed by atoms with van der Waals surface area (Å²) < 4.78 is 65.4. The van der Waals surface area contributed by atoms with E-state index in [-0.39, 0.29) is 29.2 Å². The van der Waals surface area contributed by atoms with Crippen LogP contribution in [-0.4, -0.2) is 43.6 Å². The van der Waals surface area contributed by atoms with Crippen LogP contribution in [0.2, 0.25) is 0 Å². The van der Waals surface area contributed by atoms with E-state index in [0.29, 0.717) is 0 Å². The van der Waals surface area contributed by atoms with Crippen molar-refractivity contribution >= 4 is 17.9 Å². The molecule has 10 heteroatoms. The zero-order valence-corrected chi connectivity index (χ0v) is 24.9. The number of hydrogen-bond acceptors (Lipinski definition) is 7. The van der Waals surface area contributed by atoms with Gasteiger partial charge >= 0.3 is 24.1 Å². The van der Waals surface area contributed by atoms with Gasteiger partial charge in [0.05, 0.1) is 5.57 Å². The molecule has 1 heterocycles. The molecule has 1 saturated carbocycles. The average molecular weight is 593 g/mol. The van der Waals surface area contributed by atoms with Crippen LogP contribution in [-0.2, 0) is 38.9 Å². The lowest BCUT2D eigenvalue weighted by molar-refractivity contribution is -0.278. The minimum Gasteiger partial charge on any atom is -0.455 e. The van der Waals surface area contributed by atoms with Crippen LogP contribution in [0, 0.1) is 22.7 Å². The summed E-state index contributed by atoms with van der Waals surface area (Å²) in [5, 5.41) is 0. The molecule has 1 aliphatic heterocycles. The number of cyclic esters (lactones) is 1. The molecule has 0 aromatic heterocycles. The number of fused-ring (bicyclic) bond motifs is 1. The molecule has 2 aliphatic carbocycles. The van der Waals surface area contributed by atoms with Gasteiger partial charge in [-0.2, -0.15) is 13.2 Å². The summed E-state index contributed by atoms with van der Waals surface area (Å²) >= 11 is 0. The van der Waals surface area contributed by atoms with E-state index in [1.54, 1.807) is 0 Å². The summed E-state index contributed by atoms with van der Waals surface area (Å²) in [6.45, 7) is 9.61. The molecule has 0 bridgehead atoms. The largest absolute Gasteiger partial charge is 0.455 e. The fourth-order valence-electron chi connectivity index (χ4n) is 7.38. The van der Waals surface area contributed by atoms with E-state index in [2.05, 4.69) is 33.8 Å². The molecule has 0 N–H and O–H groups in total. The van der Waals surface area contributed by atoms with Crippen LogP contribution in [0.5, 0.6) is 0 Å². The van der Waals surface area contributed by atoms with Crippen molar-refractivity contribution < 1.29 is 46.5 Å². The minimum absolute atomic E-state index is 0.0208. The maximum Gasteiger partial charge on any atom is 0.432 e. The fraction of sp³-hybridized carbons (Fsp3) is 0.594. The van der Waals surface area contributed by atoms with Gasteiger partial charge in [0.15, 0.2) is 0 Å². The van der Waals surface area contributed by atoms with Crippen LogP contribution in [0.25, 0.3) is 0 Å². The van der Waals surface area contributed by atoms with Crippen LogP contribution in [0.15, 0.2) is 53.6 Å². The van der Waals surface area contributed by atoms with Gasteiger partial charge in [-0.15, -0.1) is 0 Å². The maximum absolute atomic E-state index is 14.8. The highest BCUT2D eigenvalue weighted by Gasteiger charge is 2.65. The monoisotopic (exact) mass is 592 g/mol. The van der Waals surface area contributed by atoms with E-state index in [1.165, 1.54) is 23.8 Å². The van der Waals surface area contributed by atoms with Gasteiger partial charge < -0.3 is 18.9 Å². The van der Waals surface area contributed by atoms with Crippen molar-refractivity contribution in [3.63, 3.8) is 0 Å². The Kier molecular flexibility index (Phi) is 8.71. The molecule has 1 fully saturated rings. The van der Waals surface area contributed by atoms with Gasteiger partial charge in [0.2, 0.25) is 0 Å². The Hall–Kier alpha value is -3.14. The van der Waals surface area contributed by atoms with E-state index in [4.69, 9.17) is 18.9 Å². The molecule has 0 radical (unpaired) electrons. The van der Waals surface area contributed by atoms with Gasteiger partial charge in [-0.1, -0.05) is 62.8 Å². The van der Waals surface area contributed by atoms with Crippen LogP contribution < -0.4 is 0 Å². The molecule has 1 unspecified atom stereocenters. The predicted molar refractivity (Wildman–Crippen MR) is 147 cm³/mol. The number of methoxy groups -OCH3 is 1. The number of allylic oxidation sites excluding steroid dienone is 2. The molecule has 7 nitrogen and oxygen atoms in total. The molecule has 3 aliphatic rings. The summed E-state index contributed by atoms with van der Waals surface area (Å²) in [6, 6.07) is 6.54. The minimum atomic E-state index is -5.19. The highest BCUT2D eigenvalue weighted by atomic mass is 19.4. The summed E-state index contributed by atoms with van der Waals surface area (Å²) in [4.78, 5) is 38.1. The van der Waals surface area contributed by atoms with E-state index >= 15 is 0 Å². The van der Waals surface area contributed by atoms with Crippen molar-refractivity contribution in [2.45, 2.75) is 90.9 Å². The number of ether oxygens (including phenoxy) is 4. The Morgan fingerprint density at radius 1 is 1.14 bits per heavy atom. The Bertz CT molecular complexity index is 1270. The van der Waals surface area contributed by atoms with Crippen molar-refractivity contribution in [2.75, 3.05) is 7.11 Å².